The van der Waals surface area contributed by atoms with Crippen LogP contribution in [-0.4, -0.2) is 6.04 Å². The van der Waals surface area contributed by atoms with Crippen molar-refractivity contribution in [1.29, 1.82) is 0 Å². The molecule has 0 unspecified atom stereocenters. The second kappa shape index (κ2) is 6.51. The fourth-order valence-electron chi connectivity index (χ4n) is 2.33. The SMILES string of the molecule is CCc1cc(CCC[C@H](C)N)cc(C(C)(C)C)c1F. The van der Waals surface area contributed by atoms with E-state index in [1.165, 1.54) is 5.56 Å². The Morgan fingerprint density at radius 3 is 2.37 bits per heavy atom. The van der Waals surface area contributed by atoms with E-state index in [1.54, 1.807) is 0 Å². The molecule has 0 radical (unpaired) electrons. The first kappa shape index (κ1) is 16.2. The molecule has 2 heteroatoms. The van der Waals surface area contributed by atoms with Crippen LogP contribution in [-0.2, 0) is 18.3 Å². The Morgan fingerprint density at radius 1 is 1.26 bits per heavy atom. The van der Waals surface area contributed by atoms with Crippen LogP contribution in [0.2, 0.25) is 0 Å². The van der Waals surface area contributed by atoms with Crippen molar-refractivity contribution < 1.29 is 4.39 Å². The van der Waals surface area contributed by atoms with Gasteiger partial charge in [-0.15, -0.1) is 0 Å². The molecule has 0 amide bonds. The molecule has 1 nitrogen and oxygen atoms in total. The number of nitrogens with two attached hydrogens (primary N) is 1. The number of benzene rings is 1. The van der Waals surface area contributed by atoms with E-state index in [9.17, 15) is 4.39 Å². The van der Waals surface area contributed by atoms with Gasteiger partial charge in [-0.05, 0) is 54.7 Å². The molecule has 108 valence electrons. The van der Waals surface area contributed by atoms with E-state index in [2.05, 4.69) is 20.8 Å². The molecule has 19 heavy (non-hydrogen) atoms. The summed E-state index contributed by atoms with van der Waals surface area (Å²) in [5, 5.41) is 0. The van der Waals surface area contributed by atoms with Crippen molar-refractivity contribution in [3.63, 3.8) is 0 Å². The molecule has 0 aliphatic carbocycles. The van der Waals surface area contributed by atoms with Crippen LogP contribution in [0.15, 0.2) is 12.1 Å². The molecule has 1 aromatic carbocycles. The zero-order valence-corrected chi connectivity index (χ0v) is 13.0. The maximum atomic E-state index is 14.4. The molecule has 0 aliphatic rings. The largest absolute Gasteiger partial charge is 0.328 e. The molecule has 2 N–H and O–H groups in total. The lowest BCUT2D eigenvalue weighted by atomic mass is 9.83. The molecule has 0 aromatic heterocycles. The van der Waals surface area contributed by atoms with Gasteiger partial charge in [-0.3, -0.25) is 0 Å². The van der Waals surface area contributed by atoms with Crippen molar-refractivity contribution in [2.75, 3.05) is 0 Å². The Balaban J connectivity index is 3.00. The third-order valence-electron chi connectivity index (χ3n) is 3.52. The first-order chi connectivity index (χ1) is 8.75. The molecule has 0 aliphatic heterocycles. The Labute approximate surface area is 117 Å². The Bertz CT molecular complexity index is 416. The summed E-state index contributed by atoms with van der Waals surface area (Å²) in [5.74, 6) is -0.0223. The topological polar surface area (TPSA) is 26.0 Å². The van der Waals surface area contributed by atoms with Crippen LogP contribution >= 0.6 is 0 Å². The third kappa shape index (κ3) is 4.61. The van der Waals surface area contributed by atoms with Crippen molar-refractivity contribution in [3.8, 4) is 0 Å². The molecule has 0 fully saturated rings. The highest BCUT2D eigenvalue weighted by Crippen LogP contribution is 2.29. The molecule has 1 rings (SSSR count). The average molecular weight is 265 g/mol. The number of rotatable bonds is 5. The Hall–Kier alpha value is -0.890. The lowest BCUT2D eigenvalue weighted by Crippen LogP contribution is -2.16. The molecule has 0 spiro atoms. The van der Waals surface area contributed by atoms with Crippen LogP contribution < -0.4 is 5.73 Å². The molecule has 0 bridgehead atoms. The van der Waals surface area contributed by atoms with Crippen LogP contribution in [0.1, 0.15) is 64.2 Å². The van der Waals surface area contributed by atoms with Crippen LogP contribution in [0.25, 0.3) is 0 Å². The Morgan fingerprint density at radius 2 is 1.89 bits per heavy atom. The summed E-state index contributed by atoms with van der Waals surface area (Å²) in [6, 6.07) is 4.30. The first-order valence-electron chi connectivity index (χ1n) is 7.33. The number of aryl methyl sites for hydroxylation is 2. The van der Waals surface area contributed by atoms with Gasteiger partial charge in [-0.25, -0.2) is 4.39 Å². The zero-order valence-electron chi connectivity index (χ0n) is 13.0. The molecule has 0 saturated carbocycles. The molecular formula is C17H28FN. The van der Waals surface area contributed by atoms with Crippen molar-refractivity contribution >= 4 is 0 Å². The lowest BCUT2D eigenvalue weighted by molar-refractivity contribution is 0.514. The predicted molar refractivity (Wildman–Crippen MR) is 81.1 cm³/mol. The number of halogens is 1. The van der Waals surface area contributed by atoms with Gasteiger partial charge in [-0.1, -0.05) is 39.8 Å². The van der Waals surface area contributed by atoms with E-state index in [-0.39, 0.29) is 17.3 Å². The van der Waals surface area contributed by atoms with Crippen molar-refractivity contribution in [2.45, 2.75) is 71.8 Å². The van der Waals surface area contributed by atoms with E-state index in [1.807, 2.05) is 26.0 Å². The van der Waals surface area contributed by atoms with Crippen LogP contribution in [0.3, 0.4) is 0 Å². The normalized spacial score (nSPS) is 13.6. The summed E-state index contributed by atoms with van der Waals surface area (Å²) in [6.07, 6.45) is 3.81. The number of hydrogen-bond donors (Lipinski definition) is 1. The summed E-state index contributed by atoms with van der Waals surface area (Å²) in [6.45, 7) is 10.2. The third-order valence-corrected chi connectivity index (χ3v) is 3.52. The van der Waals surface area contributed by atoms with Gasteiger partial charge in [0.25, 0.3) is 0 Å². The number of hydrogen-bond acceptors (Lipinski definition) is 1. The van der Waals surface area contributed by atoms with Gasteiger partial charge in [0.05, 0.1) is 0 Å². The van der Waals surface area contributed by atoms with Crippen LogP contribution in [0.5, 0.6) is 0 Å². The first-order valence-corrected chi connectivity index (χ1v) is 7.33. The van der Waals surface area contributed by atoms with Crippen molar-refractivity contribution in [3.05, 3.63) is 34.6 Å². The zero-order chi connectivity index (χ0) is 14.6. The minimum absolute atomic E-state index is 0.0223. The lowest BCUT2D eigenvalue weighted by Gasteiger charge is -2.22. The van der Waals surface area contributed by atoms with E-state index in [0.717, 1.165) is 36.8 Å². The van der Waals surface area contributed by atoms with E-state index in [0.29, 0.717) is 0 Å². The average Bonchev–Trinajstić information content (AvgIpc) is 2.28. The van der Waals surface area contributed by atoms with Gasteiger partial charge < -0.3 is 5.73 Å². The summed E-state index contributed by atoms with van der Waals surface area (Å²) in [7, 11) is 0. The molecule has 1 aromatic rings. The minimum Gasteiger partial charge on any atom is -0.328 e. The van der Waals surface area contributed by atoms with Gasteiger partial charge in [0.1, 0.15) is 5.82 Å². The van der Waals surface area contributed by atoms with Gasteiger partial charge in [-0.2, -0.15) is 0 Å². The van der Waals surface area contributed by atoms with Gasteiger partial charge in [0.15, 0.2) is 0 Å². The maximum Gasteiger partial charge on any atom is 0.130 e. The smallest absolute Gasteiger partial charge is 0.130 e. The van der Waals surface area contributed by atoms with E-state index >= 15 is 0 Å². The second-order valence-corrected chi connectivity index (χ2v) is 6.59. The fourth-order valence-corrected chi connectivity index (χ4v) is 2.33. The minimum atomic E-state index is -0.148. The highest BCUT2D eigenvalue weighted by molar-refractivity contribution is 5.36. The quantitative estimate of drug-likeness (QED) is 0.841. The fraction of sp³-hybridized carbons (Fsp3) is 0.647. The van der Waals surface area contributed by atoms with E-state index < -0.39 is 0 Å². The molecular weight excluding hydrogens is 237 g/mol. The highest BCUT2D eigenvalue weighted by Gasteiger charge is 2.21. The van der Waals surface area contributed by atoms with Gasteiger partial charge in [0, 0.05) is 6.04 Å². The van der Waals surface area contributed by atoms with Crippen molar-refractivity contribution in [2.24, 2.45) is 5.73 Å². The summed E-state index contributed by atoms with van der Waals surface area (Å²) < 4.78 is 14.4. The molecule has 0 heterocycles. The molecule has 0 saturated heterocycles. The summed E-state index contributed by atoms with van der Waals surface area (Å²) in [5.41, 5.74) is 8.54. The summed E-state index contributed by atoms with van der Waals surface area (Å²) >= 11 is 0. The molecule has 1 atom stereocenters. The monoisotopic (exact) mass is 265 g/mol. The highest BCUT2D eigenvalue weighted by atomic mass is 19.1. The van der Waals surface area contributed by atoms with Gasteiger partial charge in [0.2, 0.25) is 0 Å². The summed E-state index contributed by atoms with van der Waals surface area (Å²) in [4.78, 5) is 0. The van der Waals surface area contributed by atoms with Crippen LogP contribution in [0, 0.1) is 5.82 Å². The van der Waals surface area contributed by atoms with Crippen LogP contribution in [0.4, 0.5) is 4.39 Å². The van der Waals surface area contributed by atoms with Gasteiger partial charge >= 0.3 is 0 Å². The Kier molecular flexibility index (Phi) is 5.54. The predicted octanol–water partition coefficient (Wildman–Crippen LogP) is 4.36. The maximum absolute atomic E-state index is 14.4. The van der Waals surface area contributed by atoms with E-state index in [4.69, 9.17) is 5.73 Å². The standard InChI is InChI=1S/C17H28FN/c1-6-14-10-13(9-7-8-12(2)19)11-15(16(14)18)17(3,4)5/h10-12H,6-9,19H2,1-5H3/t12-/m0/s1. The van der Waals surface area contributed by atoms with Crippen molar-refractivity contribution in [1.82, 2.24) is 0 Å². The second-order valence-electron chi connectivity index (χ2n) is 6.59.